The van der Waals surface area contributed by atoms with Crippen molar-refractivity contribution in [1.82, 2.24) is 10.3 Å². The van der Waals surface area contributed by atoms with Gasteiger partial charge in [-0.05, 0) is 58.0 Å². The first-order valence-electron chi connectivity index (χ1n) is 7.55. The van der Waals surface area contributed by atoms with Crippen molar-refractivity contribution in [3.63, 3.8) is 0 Å². The Morgan fingerprint density at radius 1 is 1.29 bits per heavy atom. The second-order valence-electron chi connectivity index (χ2n) is 6.19. The molecule has 0 bridgehead atoms. The number of hydrazine groups is 1. The standard InChI is InChI=1S/C16H26FN3O/c1-16(2,20-9-5-4-6-10-20)15(19-18)13-11-12(17)7-8-14(13)21-3/h7-8,11,15,19H,4-6,9-10,18H2,1-3H3. The van der Waals surface area contributed by atoms with E-state index in [0.717, 1.165) is 18.7 Å². The van der Waals surface area contributed by atoms with Gasteiger partial charge in [-0.25, -0.2) is 4.39 Å². The lowest BCUT2D eigenvalue weighted by Gasteiger charge is -2.46. The van der Waals surface area contributed by atoms with Crippen LogP contribution in [0.3, 0.4) is 0 Å². The van der Waals surface area contributed by atoms with Crippen LogP contribution in [-0.2, 0) is 0 Å². The molecule has 5 heteroatoms. The Morgan fingerprint density at radius 3 is 2.52 bits per heavy atom. The maximum atomic E-state index is 13.7. The molecule has 0 radical (unpaired) electrons. The Balaban J connectivity index is 2.35. The van der Waals surface area contributed by atoms with Crippen LogP contribution in [-0.4, -0.2) is 30.6 Å². The zero-order valence-electron chi connectivity index (χ0n) is 13.2. The number of hydrogen-bond acceptors (Lipinski definition) is 4. The fraction of sp³-hybridized carbons (Fsp3) is 0.625. The number of ether oxygens (including phenoxy) is 1. The highest BCUT2D eigenvalue weighted by Crippen LogP contribution is 2.37. The molecular formula is C16H26FN3O. The molecule has 0 saturated carbocycles. The summed E-state index contributed by atoms with van der Waals surface area (Å²) in [6, 6.07) is 4.36. The number of nitrogens with zero attached hydrogens (tertiary/aromatic N) is 1. The minimum absolute atomic E-state index is 0.207. The van der Waals surface area contributed by atoms with Crippen LogP contribution in [0.1, 0.15) is 44.7 Å². The second kappa shape index (κ2) is 6.73. The van der Waals surface area contributed by atoms with Gasteiger partial charge in [0, 0.05) is 11.1 Å². The average molecular weight is 295 g/mol. The second-order valence-corrected chi connectivity index (χ2v) is 6.19. The quantitative estimate of drug-likeness (QED) is 0.647. The number of nitrogens with two attached hydrogens (primary N) is 1. The van der Waals surface area contributed by atoms with Crippen molar-refractivity contribution >= 4 is 0 Å². The van der Waals surface area contributed by atoms with Crippen LogP contribution in [0.15, 0.2) is 18.2 Å². The van der Waals surface area contributed by atoms with E-state index in [4.69, 9.17) is 10.6 Å². The smallest absolute Gasteiger partial charge is 0.123 e. The molecule has 4 nitrogen and oxygen atoms in total. The van der Waals surface area contributed by atoms with E-state index in [1.54, 1.807) is 13.2 Å². The fourth-order valence-electron chi connectivity index (χ4n) is 3.26. The molecular weight excluding hydrogens is 269 g/mol. The minimum Gasteiger partial charge on any atom is -0.496 e. The maximum Gasteiger partial charge on any atom is 0.123 e. The van der Waals surface area contributed by atoms with Gasteiger partial charge in [0.05, 0.1) is 13.2 Å². The number of benzene rings is 1. The zero-order chi connectivity index (χ0) is 15.5. The summed E-state index contributed by atoms with van der Waals surface area (Å²) < 4.78 is 19.1. The Bertz CT molecular complexity index is 473. The first-order chi connectivity index (χ1) is 10.0. The van der Waals surface area contributed by atoms with Gasteiger partial charge in [-0.2, -0.15) is 0 Å². The summed E-state index contributed by atoms with van der Waals surface area (Å²) >= 11 is 0. The largest absolute Gasteiger partial charge is 0.496 e. The third kappa shape index (κ3) is 3.36. The molecule has 1 saturated heterocycles. The molecule has 1 aliphatic rings. The number of halogens is 1. The van der Waals surface area contributed by atoms with Crippen molar-refractivity contribution < 1.29 is 9.13 Å². The molecule has 118 valence electrons. The lowest BCUT2D eigenvalue weighted by atomic mass is 9.85. The summed E-state index contributed by atoms with van der Waals surface area (Å²) in [5.41, 5.74) is 3.40. The molecule has 1 atom stereocenters. The van der Waals surface area contributed by atoms with E-state index >= 15 is 0 Å². The summed E-state index contributed by atoms with van der Waals surface area (Å²) in [6.45, 7) is 6.38. The average Bonchev–Trinajstić information content (AvgIpc) is 2.49. The number of likely N-dealkylation sites (tertiary alicyclic amines) is 1. The molecule has 2 rings (SSSR count). The predicted octanol–water partition coefficient (Wildman–Crippen LogP) is 2.60. The third-order valence-electron chi connectivity index (χ3n) is 4.55. The van der Waals surface area contributed by atoms with Crippen molar-refractivity contribution in [1.29, 1.82) is 0 Å². The van der Waals surface area contributed by atoms with Crippen molar-refractivity contribution in [2.75, 3.05) is 20.2 Å². The number of nitrogens with one attached hydrogen (secondary N) is 1. The van der Waals surface area contributed by atoms with Gasteiger partial charge in [0.2, 0.25) is 0 Å². The number of rotatable bonds is 5. The van der Waals surface area contributed by atoms with Gasteiger partial charge in [0.1, 0.15) is 11.6 Å². The van der Waals surface area contributed by atoms with E-state index in [1.807, 2.05) is 0 Å². The molecule has 0 amide bonds. The highest BCUT2D eigenvalue weighted by molar-refractivity contribution is 5.38. The van der Waals surface area contributed by atoms with Crippen LogP contribution in [0.5, 0.6) is 5.75 Å². The van der Waals surface area contributed by atoms with Crippen LogP contribution in [0.2, 0.25) is 0 Å². The van der Waals surface area contributed by atoms with E-state index in [-0.39, 0.29) is 17.4 Å². The summed E-state index contributed by atoms with van der Waals surface area (Å²) in [5, 5.41) is 0. The van der Waals surface area contributed by atoms with E-state index in [0.29, 0.717) is 5.75 Å². The van der Waals surface area contributed by atoms with Crippen LogP contribution >= 0.6 is 0 Å². The van der Waals surface area contributed by atoms with Crippen LogP contribution in [0, 0.1) is 5.82 Å². The van der Waals surface area contributed by atoms with Gasteiger partial charge in [-0.1, -0.05) is 6.42 Å². The van der Waals surface area contributed by atoms with E-state index in [1.165, 1.54) is 31.4 Å². The molecule has 1 aromatic carbocycles. The van der Waals surface area contributed by atoms with Gasteiger partial charge in [-0.3, -0.25) is 16.2 Å². The third-order valence-corrected chi connectivity index (χ3v) is 4.55. The zero-order valence-corrected chi connectivity index (χ0v) is 13.2. The Hall–Kier alpha value is -1.17. The van der Waals surface area contributed by atoms with Gasteiger partial charge in [-0.15, -0.1) is 0 Å². The van der Waals surface area contributed by atoms with Crippen molar-refractivity contribution in [3.8, 4) is 5.75 Å². The first-order valence-corrected chi connectivity index (χ1v) is 7.55. The maximum absolute atomic E-state index is 13.7. The van der Waals surface area contributed by atoms with Crippen molar-refractivity contribution in [2.24, 2.45) is 5.84 Å². The Morgan fingerprint density at radius 2 is 1.95 bits per heavy atom. The normalized spacial score (nSPS) is 18.5. The number of piperidine rings is 1. The molecule has 0 spiro atoms. The van der Waals surface area contributed by atoms with Gasteiger partial charge in [0.15, 0.2) is 0 Å². The summed E-state index contributed by atoms with van der Waals surface area (Å²) in [7, 11) is 1.60. The first kappa shape index (κ1) is 16.2. The molecule has 21 heavy (non-hydrogen) atoms. The molecule has 1 heterocycles. The molecule has 3 N–H and O–H groups in total. The predicted molar refractivity (Wildman–Crippen MR) is 82.5 cm³/mol. The van der Waals surface area contributed by atoms with Gasteiger partial charge >= 0.3 is 0 Å². The fourth-order valence-corrected chi connectivity index (χ4v) is 3.26. The van der Waals surface area contributed by atoms with E-state index in [2.05, 4.69) is 24.2 Å². The Labute approximate surface area is 126 Å². The molecule has 1 aliphatic heterocycles. The van der Waals surface area contributed by atoms with Crippen LogP contribution in [0.25, 0.3) is 0 Å². The highest BCUT2D eigenvalue weighted by Gasteiger charge is 2.37. The molecule has 1 aromatic rings. The molecule has 0 aliphatic carbocycles. The van der Waals surface area contributed by atoms with Gasteiger partial charge < -0.3 is 4.74 Å². The van der Waals surface area contributed by atoms with E-state index < -0.39 is 0 Å². The van der Waals surface area contributed by atoms with E-state index in [9.17, 15) is 4.39 Å². The summed E-state index contributed by atoms with van der Waals surface area (Å²) in [6.07, 6.45) is 3.67. The molecule has 1 fully saturated rings. The minimum atomic E-state index is -0.277. The van der Waals surface area contributed by atoms with Gasteiger partial charge in [0.25, 0.3) is 0 Å². The highest BCUT2D eigenvalue weighted by atomic mass is 19.1. The molecule has 1 unspecified atom stereocenters. The SMILES string of the molecule is COc1ccc(F)cc1C(NN)C(C)(C)N1CCCCC1. The Kier molecular flexibility index (Phi) is 5.19. The van der Waals surface area contributed by atoms with Crippen molar-refractivity contribution in [2.45, 2.75) is 44.7 Å². The lowest BCUT2D eigenvalue weighted by Crippen LogP contribution is -2.55. The van der Waals surface area contributed by atoms with Crippen LogP contribution < -0.4 is 16.0 Å². The van der Waals surface area contributed by atoms with Crippen molar-refractivity contribution in [3.05, 3.63) is 29.6 Å². The number of hydrogen-bond donors (Lipinski definition) is 2. The number of methoxy groups -OCH3 is 1. The lowest BCUT2D eigenvalue weighted by molar-refractivity contribution is 0.0599. The monoisotopic (exact) mass is 295 g/mol. The topological polar surface area (TPSA) is 50.5 Å². The molecule has 0 aromatic heterocycles. The van der Waals surface area contributed by atoms with Crippen LogP contribution in [0.4, 0.5) is 4.39 Å². The summed E-state index contributed by atoms with van der Waals surface area (Å²) in [5.74, 6) is 6.20. The summed E-state index contributed by atoms with van der Waals surface area (Å²) in [4.78, 5) is 2.42.